The van der Waals surface area contributed by atoms with Crippen molar-refractivity contribution in [2.75, 3.05) is 7.05 Å². The average molecular weight is 538 g/mol. The minimum Gasteiger partial charge on any atom is -0.480 e. The first-order valence-electron chi connectivity index (χ1n) is 14.0. The van der Waals surface area contributed by atoms with Gasteiger partial charge in [-0.1, -0.05) is 71.9 Å². The maximum absolute atomic E-state index is 13.3. The smallest absolute Gasteiger partial charge is 0.326 e. The number of hydrogen-bond acceptors (Lipinski definition) is 4. The molecule has 0 radical (unpaired) electrons. The Balaban J connectivity index is 2.49. The normalized spacial score (nSPS) is 14.4. The first-order chi connectivity index (χ1) is 18.0. The van der Waals surface area contributed by atoms with Gasteiger partial charge in [0.15, 0.2) is 5.78 Å². The molecule has 0 spiro atoms. The number of aryl methyl sites for hydroxylation is 2. The minimum atomic E-state index is -1.08. The number of carbonyl (C=O) groups is 3. The first kappa shape index (κ1) is 32.2. The van der Waals surface area contributed by atoms with E-state index < -0.39 is 23.0 Å². The molecule has 39 heavy (non-hydrogen) atoms. The number of likely N-dealkylation sites (N-methyl/N-ethyl adjacent to an activating group) is 1. The predicted octanol–water partition coefficient (Wildman–Crippen LogP) is 6.71. The van der Waals surface area contributed by atoms with E-state index in [9.17, 15) is 24.6 Å². The number of nitrogens with zero attached hydrogens (tertiary/aromatic N) is 1. The quantitative estimate of drug-likeness (QED) is 0.311. The molecule has 1 amide bonds. The maximum atomic E-state index is 13.3. The zero-order chi connectivity index (χ0) is 29.9. The lowest BCUT2D eigenvalue weighted by atomic mass is 9.69. The van der Waals surface area contributed by atoms with Gasteiger partial charge in [0, 0.05) is 30.0 Å². The number of rotatable bonds is 11. The largest absolute Gasteiger partial charge is 0.480 e. The Morgan fingerprint density at radius 2 is 1.31 bits per heavy atom. The van der Waals surface area contributed by atoms with Crippen molar-refractivity contribution in [3.63, 3.8) is 0 Å². The van der Waals surface area contributed by atoms with E-state index in [0.717, 1.165) is 35.1 Å². The van der Waals surface area contributed by atoms with Gasteiger partial charge in [-0.2, -0.15) is 0 Å². The molecule has 2 aromatic rings. The molecular weight excluding hydrogens is 490 g/mol. The Morgan fingerprint density at radius 1 is 0.846 bits per heavy atom. The Labute approximate surface area is 234 Å². The van der Waals surface area contributed by atoms with Gasteiger partial charge in [-0.25, -0.2) is 4.79 Å². The summed E-state index contributed by atoms with van der Waals surface area (Å²) in [5, 5.41) is 20.5. The molecule has 6 heteroatoms. The standard InChI is InChI=1S/C33H47NO5/c1-11-32(12-2,25-15-17-27(22(5)19-25)29(36)34(10)23(6)30(37)38)24-14-16-26(21(4)18-24)28(35)20-33(39,13-3)31(7,8)9/h14-19,23,39H,11-13,20H2,1-10H3,(H,37,38). The van der Waals surface area contributed by atoms with Crippen LogP contribution in [-0.2, 0) is 10.2 Å². The van der Waals surface area contributed by atoms with Crippen molar-refractivity contribution in [2.24, 2.45) is 5.41 Å². The fourth-order valence-corrected chi connectivity index (χ4v) is 5.52. The minimum absolute atomic E-state index is 0.0599. The van der Waals surface area contributed by atoms with E-state index in [0.29, 0.717) is 17.5 Å². The molecule has 0 fully saturated rings. The molecule has 0 bridgehead atoms. The van der Waals surface area contributed by atoms with Crippen molar-refractivity contribution >= 4 is 17.7 Å². The number of aliphatic hydroxyl groups is 1. The number of aliphatic carboxylic acids is 1. The summed E-state index contributed by atoms with van der Waals surface area (Å²) >= 11 is 0. The van der Waals surface area contributed by atoms with Crippen LogP contribution in [0.5, 0.6) is 0 Å². The van der Waals surface area contributed by atoms with Gasteiger partial charge in [-0.15, -0.1) is 0 Å². The van der Waals surface area contributed by atoms with Crippen LogP contribution in [0.15, 0.2) is 36.4 Å². The van der Waals surface area contributed by atoms with Gasteiger partial charge in [0.25, 0.3) is 5.91 Å². The topological polar surface area (TPSA) is 94.9 Å². The Kier molecular flexibility index (Phi) is 9.94. The van der Waals surface area contributed by atoms with Crippen molar-refractivity contribution < 1.29 is 24.6 Å². The lowest BCUT2D eigenvalue weighted by molar-refractivity contribution is -0.141. The third-order valence-corrected chi connectivity index (χ3v) is 8.99. The van der Waals surface area contributed by atoms with Crippen molar-refractivity contribution in [3.05, 3.63) is 69.8 Å². The number of Topliss-reactive ketones (excluding diaryl/α,β-unsaturated/α-hetero) is 1. The van der Waals surface area contributed by atoms with Crippen LogP contribution in [0.3, 0.4) is 0 Å². The van der Waals surface area contributed by atoms with Crippen LogP contribution in [0.25, 0.3) is 0 Å². The summed E-state index contributed by atoms with van der Waals surface area (Å²) in [6.07, 6.45) is 2.21. The number of amides is 1. The van der Waals surface area contributed by atoms with E-state index in [1.165, 1.54) is 18.9 Å². The maximum Gasteiger partial charge on any atom is 0.326 e. The third-order valence-electron chi connectivity index (χ3n) is 8.99. The second kappa shape index (κ2) is 12.0. The van der Waals surface area contributed by atoms with Gasteiger partial charge in [-0.05, 0) is 73.8 Å². The number of ketones is 1. The van der Waals surface area contributed by atoms with Gasteiger partial charge in [-0.3, -0.25) is 9.59 Å². The number of carboxylic acid groups (broad SMARTS) is 1. The van der Waals surface area contributed by atoms with Crippen LogP contribution in [0, 0.1) is 19.3 Å². The molecule has 2 atom stereocenters. The summed E-state index contributed by atoms with van der Waals surface area (Å²) in [7, 11) is 1.51. The van der Waals surface area contributed by atoms with E-state index in [-0.39, 0.29) is 23.5 Å². The van der Waals surface area contributed by atoms with Crippen LogP contribution in [-0.4, -0.2) is 51.5 Å². The highest BCUT2D eigenvalue weighted by Gasteiger charge is 2.40. The average Bonchev–Trinajstić information content (AvgIpc) is 2.87. The molecule has 0 saturated heterocycles. The summed E-state index contributed by atoms with van der Waals surface area (Å²) in [6, 6.07) is 10.8. The molecule has 2 rings (SSSR count). The van der Waals surface area contributed by atoms with Crippen molar-refractivity contribution in [3.8, 4) is 0 Å². The van der Waals surface area contributed by atoms with E-state index in [2.05, 4.69) is 19.9 Å². The zero-order valence-corrected chi connectivity index (χ0v) is 25.4. The molecule has 0 aliphatic rings. The van der Waals surface area contributed by atoms with Crippen molar-refractivity contribution in [1.29, 1.82) is 0 Å². The predicted molar refractivity (Wildman–Crippen MR) is 157 cm³/mol. The summed E-state index contributed by atoms with van der Waals surface area (Å²) in [5.41, 5.74) is 3.12. The lowest BCUT2D eigenvalue weighted by Gasteiger charge is -2.39. The first-order valence-corrected chi connectivity index (χ1v) is 14.0. The Morgan fingerprint density at radius 3 is 1.67 bits per heavy atom. The summed E-state index contributed by atoms with van der Waals surface area (Å²) in [6.45, 7) is 17.4. The van der Waals surface area contributed by atoms with Crippen molar-refractivity contribution in [1.82, 2.24) is 4.90 Å². The van der Waals surface area contributed by atoms with E-state index in [1.54, 1.807) is 6.07 Å². The highest BCUT2D eigenvalue weighted by atomic mass is 16.4. The second-order valence-corrected chi connectivity index (χ2v) is 12.0. The monoisotopic (exact) mass is 537 g/mol. The van der Waals surface area contributed by atoms with Crippen LogP contribution < -0.4 is 0 Å². The Hall–Kier alpha value is -2.99. The van der Waals surface area contributed by atoms with E-state index in [4.69, 9.17) is 0 Å². The molecule has 0 aromatic heterocycles. The number of hydrogen-bond donors (Lipinski definition) is 2. The summed E-state index contributed by atoms with van der Waals surface area (Å²) < 4.78 is 0. The highest BCUT2D eigenvalue weighted by Crippen LogP contribution is 2.41. The van der Waals surface area contributed by atoms with Gasteiger partial charge in [0.2, 0.25) is 0 Å². The number of carbonyl (C=O) groups excluding carboxylic acids is 2. The van der Waals surface area contributed by atoms with Crippen LogP contribution >= 0.6 is 0 Å². The molecule has 0 saturated carbocycles. The van der Waals surface area contributed by atoms with Gasteiger partial charge >= 0.3 is 5.97 Å². The summed E-state index contributed by atoms with van der Waals surface area (Å²) in [5.74, 6) is -1.44. The van der Waals surface area contributed by atoms with Gasteiger partial charge in [0.05, 0.1) is 5.60 Å². The molecule has 0 aliphatic carbocycles. The summed E-state index contributed by atoms with van der Waals surface area (Å²) in [4.78, 5) is 39.0. The highest BCUT2D eigenvalue weighted by molar-refractivity contribution is 5.98. The fraction of sp³-hybridized carbons (Fsp3) is 0.545. The third kappa shape index (κ3) is 6.27. The molecular formula is C33H47NO5. The molecule has 2 aromatic carbocycles. The van der Waals surface area contributed by atoms with Gasteiger partial charge in [0.1, 0.15) is 6.04 Å². The zero-order valence-electron chi connectivity index (χ0n) is 25.4. The number of carboxylic acids is 1. The van der Waals surface area contributed by atoms with E-state index >= 15 is 0 Å². The number of benzene rings is 2. The molecule has 2 unspecified atom stereocenters. The molecule has 6 nitrogen and oxygen atoms in total. The lowest BCUT2D eigenvalue weighted by Crippen LogP contribution is -2.44. The fourth-order valence-electron chi connectivity index (χ4n) is 5.52. The van der Waals surface area contributed by atoms with E-state index in [1.807, 2.05) is 65.8 Å². The molecule has 214 valence electrons. The molecule has 2 N–H and O–H groups in total. The SMILES string of the molecule is CCC(CC)(c1ccc(C(=O)CC(O)(CC)C(C)(C)C)c(C)c1)c1ccc(C(=O)N(C)C(C)C(=O)O)c(C)c1. The second-order valence-electron chi connectivity index (χ2n) is 12.0. The van der Waals surface area contributed by atoms with Crippen LogP contribution in [0.2, 0.25) is 0 Å². The van der Waals surface area contributed by atoms with Crippen molar-refractivity contribution in [2.45, 2.75) is 105 Å². The van der Waals surface area contributed by atoms with Crippen LogP contribution in [0.1, 0.15) is 117 Å². The molecule has 0 heterocycles. The van der Waals surface area contributed by atoms with Gasteiger partial charge < -0.3 is 15.1 Å². The molecule has 0 aliphatic heterocycles. The Bertz CT molecular complexity index is 1220. The van der Waals surface area contributed by atoms with Crippen LogP contribution in [0.4, 0.5) is 0 Å².